The summed E-state index contributed by atoms with van der Waals surface area (Å²) in [6, 6.07) is 9.39. The third-order valence-corrected chi connectivity index (χ3v) is 6.21. The van der Waals surface area contributed by atoms with Gasteiger partial charge in [-0.2, -0.15) is 0 Å². The number of nitrogens with zero attached hydrogens (tertiary/aromatic N) is 4. The number of ketones is 1. The number of carbonyl (C=O) groups excluding carboxylic acids is 2. The van der Waals surface area contributed by atoms with E-state index in [2.05, 4.69) is 16.1 Å². The van der Waals surface area contributed by atoms with Crippen LogP contribution in [0.5, 0.6) is 0 Å². The van der Waals surface area contributed by atoms with Crippen LogP contribution >= 0.6 is 22.9 Å². The van der Waals surface area contributed by atoms with Gasteiger partial charge in [-0.25, -0.2) is 4.98 Å². The molecule has 0 radical (unpaired) electrons. The van der Waals surface area contributed by atoms with Gasteiger partial charge in [-0.3, -0.25) is 14.5 Å². The van der Waals surface area contributed by atoms with Crippen LogP contribution in [-0.2, 0) is 11.3 Å². The van der Waals surface area contributed by atoms with Crippen LogP contribution in [0.15, 0.2) is 42.7 Å². The first-order valence-electron chi connectivity index (χ1n) is 9.30. The van der Waals surface area contributed by atoms with Crippen LogP contribution in [0.25, 0.3) is 5.65 Å². The minimum Gasteiger partial charge on any atom is -0.340 e. The Morgan fingerprint density at radius 3 is 2.61 bits per heavy atom. The lowest BCUT2D eigenvalue weighted by Gasteiger charge is -2.34. The summed E-state index contributed by atoms with van der Waals surface area (Å²) in [7, 11) is 0. The summed E-state index contributed by atoms with van der Waals surface area (Å²) < 4.78 is 2.61. The third kappa shape index (κ3) is 4.43. The van der Waals surface area contributed by atoms with Gasteiger partial charge in [0.15, 0.2) is 5.78 Å². The molecule has 6 nitrogen and oxygen atoms in total. The van der Waals surface area contributed by atoms with E-state index in [0.29, 0.717) is 22.3 Å². The molecule has 0 aliphatic carbocycles. The Balaban J connectivity index is 1.24. The molecule has 0 aromatic carbocycles. The van der Waals surface area contributed by atoms with Gasteiger partial charge in [-0.15, -0.1) is 11.3 Å². The highest BCUT2D eigenvalue weighted by Gasteiger charge is 2.22. The van der Waals surface area contributed by atoms with Gasteiger partial charge in [-0.1, -0.05) is 17.7 Å². The second-order valence-electron chi connectivity index (χ2n) is 6.88. The molecule has 0 bridgehead atoms. The lowest BCUT2D eigenvalue weighted by Crippen LogP contribution is -2.48. The molecule has 1 amide bonds. The summed E-state index contributed by atoms with van der Waals surface area (Å²) in [5, 5.41) is 0. The second-order valence-corrected chi connectivity index (χ2v) is 8.60. The van der Waals surface area contributed by atoms with E-state index in [9.17, 15) is 9.59 Å². The van der Waals surface area contributed by atoms with Gasteiger partial charge in [0, 0.05) is 58.0 Å². The molecule has 8 heteroatoms. The third-order valence-electron chi connectivity index (χ3n) is 4.94. The van der Waals surface area contributed by atoms with Crippen LogP contribution in [0.3, 0.4) is 0 Å². The highest BCUT2D eigenvalue weighted by Crippen LogP contribution is 2.23. The maximum Gasteiger partial charge on any atom is 0.223 e. The van der Waals surface area contributed by atoms with Crippen molar-refractivity contribution < 1.29 is 9.59 Å². The van der Waals surface area contributed by atoms with Gasteiger partial charge in [0.25, 0.3) is 0 Å². The summed E-state index contributed by atoms with van der Waals surface area (Å²) >= 11 is 7.13. The molecule has 28 heavy (non-hydrogen) atoms. The van der Waals surface area contributed by atoms with Crippen molar-refractivity contribution >= 4 is 40.3 Å². The molecule has 1 aliphatic heterocycles. The van der Waals surface area contributed by atoms with Crippen molar-refractivity contribution in [1.82, 2.24) is 19.2 Å². The zero-order valence-corrected chi connectivity index (χ0v) is 17.0. The number of hydrogen-bond donors (Lipinski definition) is 0. The van der Waals surface area contributed by atoms with Crippen molar-refractivity contribution in [2.45, 2.75) is 19.4 Å². The summed E-state index contributed by atoms with van der Waals surface area (Å²) in [5.41, 5.74) is 1.98. The molecule has 146 valence electrons. The Labute approximate surface area is 172 Å². The van der Waals surface area contributed by atoms with Crippen LogP contribution in [0, 0.1) is 0 Å². The van der Waals surface area contributed by atoms with E-state index in [-0.39, 0.29) is 24.5 Å². The van der Waals surface area contributed by atoms with E-state index in [4.69, 9.17) is 11.6 Å². The van der Waals surface area contributed by atoms with Gasteiger partial charge >= 0.3 is 0 Å². The maximum atomic E-state index is 12.4. The molecule has 4 rings (SSSR count). The van der Waals surface area contributed by atoms with Crippen LogP contribution in [0.1, 0.15) is 28.2 Å². The number of pyridine rings is 1. The zero-order valence-electron chi connectivity index (χ0n) is 15.4. The van der Waals surface area contributed by atoms with E-state index in [1.165, 1.54) is 11.3 Å². The van der Waals surface area contributed by atoms with Crippen LogP contribution in [0.2, 0.25) is 4.34 Å². The Morgan fingerprint density at radius 1 is 1.07 bits per heavy atom. The highest BCUT2D eigenvalue weighted by atomic mass is 35.5. The largest absolute Gasteiger partial charge is 0.340 e. The molecule has 1 aliphatic rings. The van der Waals surface area contributed by atoms with Gasteiger partial charge in [0.1, 0.15) is 5.65 Å². The topological polar surface area (TPSA) is 57.9 Å². The fourth-order valence-electron chi connectivity index (χ4n) is 3.41. The number of amides is 1. The molecule has 0 atom stereocenters. The van der Waals surface area contributed by atoms with E-state index in [1.54, 1.807) is 12.1 Å². The molecule has 3 aromatic rings. The number of piperazine rings is 1. The zero-order chi connectivity index (χ0) is 19.5. The van der Waals surface area contributed by atoms with Crippen molar-refractivity contribution in [2.75, 3.05) is 26.2 Å². The molecule has 0 unspecified atom stereocenters. The monoisotopic (exact) mass is 416 g/mol. The van der Waals surface area contributed by atoms with Crippen LogP contribution in [-0.4, -0.2) is 57.1 Å². The average molecular weight is 417 g/mol. The molecule has 0 N–H and O–H groups in total. The number of thiophene rings is 1. The SMILES string of the molecule is O=C(CCC(=O)N1CCN(Cc2cn3ccccc3n2)CC1)c1ccc(Cl)s1. The van der Waals surface area contributed by atoms with E-state index >= 15 is 0 Å². The van der Waals surface area contributed by atoms with Gasteiger partial charge in [0.05, 0.1) is 14.9 Å². The molecule has 1 fully saturated rings. The summed E-state index contributed by atoms with van der Waals surface area (Å²) in [4.78, 5) is 34.0. The molecule has 3 aromatic heterocycles. The van der Waals surface area contributed by atoms with E-state index < -0.39 is 0 Å². The van der Waals surface area contributed by atoms with Crippen LogP contribution in [0.4, 0.5) is 0 Å². The Hall–Kier alpha value is -2.22. The Kier molecular flexibility index (Phi) is 5.75. The normalized spacial score (nSPS) is 15.2. The van der Waals surface area contributed by atoms with Crippen molar-refractivity contribution in [2.24, 2.45) is 0 Å². The lowest BCUT2D eigenvalue weighted by molar-refractivity contribution is -0.133. The van der Waals surface area contributed by atoms with E-state index in [0.717, 1.165) is 31.0 Å². The number of halogens is 1. The number of Topliss-reactive ketones (excluding diaryl/α,β-unsaturated/α-hetero) is 1. The van der Waals surface area contributed by atoms with Crippen molar-refractivity contribution in [3.63, 3.8) is 0 Å². The summed E-state index contributed by atoms with van der Waals surface area (Å²) in [6.45, 7) is 3.78. The molecular formula is C20H21ClN4O2S. The standard InChI is InChI=1S/C20H21ClN4O2S/c21-18-6-5-17(28-18)16(26)4-7-20(27)24-11-9-23(10-12-24)13-15-14-25-8-2-1-3-19(25)22-15/h1-3,5-6,8,14H,4,7,9-13H2. The van der Waals surface area contributed by atoms with Gasteiger partial charge in [-0.05, 0) is 24.3 Å². The second kappa shape index (κ2) is 8.43. The fourth-order valence-corrected chi connectivity index (χ4v) is 4.42. The minimum absolute atomic E-state index is 0.0178. The Bertz CT molecular complexity index is 958. The maximum absolute atomic E-state index is 12.4. The quantitative estimate of drug-likeness (QED) is 0.578. The Morgan fingerprint density at radius 2 is 1.89 bits per heavy atom. The predicted molar refractivity (Wildman–Crippen MR) is 110 cm³/mol. The first-order chi connectivity index (χ1) is 13.6. The molecule has 0 spiro atoms. The first-order valence-corrected chi connectivity index (χ1v) is 10.5. The summed E-state index contributed by atoms with van der Waals surface area (Å²) in [5.74, 6) is 0.0270. The molecule has 0 saturated carbocycles. The van der Waals surface area contributed by atoms with Crippen molar-refractivity contribution in [3.05, 3.63) is 57.6 Å². The smallest absolute Gasteiger partial charge is 0.223 e. The predicted octanol–water partition coefficient (Wildman–Crippen LogP) is 3.36. The molecule has 1 saturated heterocycles. The van der Waals surface area contributed by atoms with Crippen molar-refractivity contribution in [3.8, 4) is 0 Å². The minimum atomic E-state index is -0.0178. The number of hydrogen-bond acceptors (Lipinski definition) is 5. The number of fused-ring (bicyclic) bond motifs is 1. The molecular weight excluding hydrogens is 396 g/mol. The van der Waals surface area contributed by atoms with Gasteiger partial charge in [0.2, 0.25) is 5.91 Å². The average Bonchev–Trinajstić information content (AvgIpc) is 3.32. The van der Waals surface area contributed by atoms with Crippen molar-refractivity contribution in [1.29, 1.82) is 0 Å². The van der Waals surface area contributed by atoms with Crippen LogP contribution < -0.4 is 0 Å². The highest BCUT2D eigenvalue weighted by molar-refractivity contribution is 7.18. The summed E-state index contributed by atoms with van der Waals surface area (Å²) in [6.07, 6.45) is 4.53. The number of carbonyl (C=O) groups is 2. The first kappa shape index (κ1) is 19.1. The molecule has 4 heterocycles. The fraction of sp³-hybridized carbons (Fsp3) is 0.350. The number of rotatable bonds is 6. The number of imidazole rings is 1. The lowest BCUT2D eigenvalue weighted by atomic mass is 10.1. The number of aromatic nitrogens is 2. The van der Waals surface area contributed by atoms with Gasteiger partial charge < -0.3 is 9.30 Å². The van der Waals surface area contributed by atoms with E-state index in [1.807, 2.05) is 33.7 Å².